The van der Waals surface area contributed by atoms with E-state index in [1.54, 1.807) is 0 Å². The molecule has 2 heteroatoms. The third kappa shape index (κ3) is 1.63. The Kier molecular flexibility index (Phi) is 2.36. The Morgan fingerprint density at radius 3 is 2.80 bits per heavy atom. The lowest BCUT2D eigenvalue weighted by Crippen LogP contribution is -2.11. The summed E-state index contributed by atoms with van der Waals surface area (Å²) in [5.41, 5.74) is 2.76. The predicted molar refractivity (Wildman–Crippen MR) is 64.6 cm³/mol. The van der Waals surface area contributed by atoms with Gasteiger partial charge in [0.05, 0.1) is 0 Å². The molecular weight excluding hydrogens is 206 g/mol. The van der Waals surface area contributed by atoms with Crippen LogP contribution in [0, 0.1) is 5.92 Å². The third-order valence-corrected chi connectivity index (χ3v) is 4.13. The first kappa shape index (κ1) is 9.53. The van der Waals surface area contributed by atoms with E-state index in [4.69, 9.17) is 11.6 Å². The first-order valence-corrected chi connectivity index (χ1v) is 6.26. The summed E-state index contributed by atoms with van der Waals surface area (Å²) in [4.78, 5) is 0. The summed E-state index contributed by atoms with van der Waals surface area (Å²) in [6.07, 6.45) is 5.66. The Balaban J connectivity index is 1.90. The van der Waals surface area contributed by atoms with Crippen molar-refractivity contribution in [3.8, 4) is 0 Å². The van der Waals surface area contributed by atoms with E-state index in [2.05, 4.69) is 17.4 Å². The van der Waals surface area contributed by atoms with Crippen LogP contribution in [-0.4, -0.2) is 6.54 Å². The van der Waals surface area contributed by atoms with Crippen LogP contribution >= 0.6 is 11.6 Å². The van der Waals surface area contributed by atoms with Crippen LogP contribution in [-0.2, 0) is 0 Å². The molecule has 1 N–H and O–H groups in total. The van der Waals surface area contributed by atoms with E-state index in [0.29, 0.717) is 0 Å². The van der Waals surface area contributed by atoms with E-state index in [0.717, 1.165) is 23.4 Å². The van der Waals surface area contributed by atoms with Crippen LogP contribution in [0.4, 0.5) is 5.69 Å². The molecule has 0 spiro atoms. The van der Waals surface area contributed by atoms with Crippen molar-refractivity contribution >= 4 is 17.3 Å². The van der Waals surface area contributed by atoms with Crippen molar-refractivity contribution in [3.63, 3.8) is 0 Å². The lowest BCUT2D eigenvalue weighted by molar-refractivity contribution is 0.460. The van der Waals surface area contributed by atoms with E-state index < -0.39 is 0 Å². The molecule has 15 heavy (non-hydrogen) atoms. The summed E-state index contributed by atoms with van der Waals surface area (Å²) >= 11 is 5.99. The second kappa shape index (κ2) is 3.71. The quantitative estimate of drug-likeness (QED) is 0.755. The van der Waals surface area contributed by atoms with Gasteiger partial charge in [-0.2, -0.15) is 0 Å². The fraction of sp³-hybridized carbons (Fsp3) is 0.538. The van der Waals surface area contributed by atoms with Crippen LogP contribution in [0.3, 0.4) is 0 Å². The molecule has 1 aromatic rings. The second-order valence-corrected chi connectivity index (χ2v) is 5.20. The highest BCUT2D eigenvalue weighted by Crippen LogP contribution is 2.43. The molecule has 1 fully saturated rings. The molecule has 0 aromatic heterocycles. The van der Waals surface area contributed by atoms with Crippen molar-refractivity contribution in [2.75, 3.05) is 11.9 Å². The van der Waals surface area contributed by atoms with Gasteiger partial charge >= 0.3 is 0 Å². The summed E-state index contributed by atoms with van der Waals surface area (Å²) in [7, 11) is 0. The van der Waals surface area contributed by atoms with Gasteiger partial charge in [0, 0.05) is 23.2 Å². The van der Waals surface area contributed by atoms with Crippen molar-refractivity contribution < 1.29 is 0 Å². The van der Waals surface area contributed by atoms with Crippen LogP contribution in [0.1, 0.15) is 37.2 Å². The number of hydrogen-bond acceptors (Lipinski definition) is 1. The molecule has 0 radical (unpaired) electrons. The van der Waals surface area contributed by atoms with Crippen LogP contribution in [0.2, 0.25) is 5.02 Å². The number of benzene rings is 1. The van der Waals surface area contributed by atoms with E-state index in [1.807, 2.05) is 6.07 Å². The number of anilines is 1. The van der Waals surface area contributed by atoms with Crippen LogP contribution in [0.25, 0.3) is 0 Å². The SMILES string of the molecule is Clc1ccc2c(c1)NCC2C1CCCC1. The first-order valence-electron chi connectivity index (χ1n) is 5.88. The third-order valence-electron chi connectivity index (χ3n) is 3.90. The number of halogens is 1. The molecule has 1 heterocycles. The van der Waals surface area contributed by atoms with Gasteiger partial charge in [0.15, 0.2) is 0 Å². The van der Waals surface area contributed by atoms with Crippen molar-refractivity contribution in [1.29, 1.82) is 0 Å². The highest BCUT2D eigenvalue weighted by molar-refractivity contribution is 6.30. The molecule has 1 nitrogen and oxygen atoms in total. The normalized spacial score (nSPS) is 25.3. The van der Waals surface area contributed by atoms with Crippen molar-refractivity contribution in [2.45, 2.75) is 31.6 Å². The van der Waals surface area contributed by atoms with E-state index in [9.17, 15) is 0 Å². The maximum absolute atomic E-state index is 5.99. The summed E-state index contributed by atoms with van der Waals surface area (Å²) in [6.45, 7) is 1.11. The van der Waals surface area contributed by atoms with Gasteiger partial charge in [-0.25, -0.2) is 0 Å². The average molecular weight is 222 g/mol. The zero-order valence-corrected chi connectivity index (χ0v) is 9.56. The summed E-state index contributed by atoms with van der Waals surface area (Å²) < 4.78 is 0. The Bertz CT molecular complexity index is 369. The van der Waals surface area contributed by atoms with Gasteiger partial charge in [0.2, 0.25) is 0 Å². The van der Waals surface area contributed by atoms with Crippen molar-refractivity contribution in [1.82, 2.24) is 0 Å². The lowest BCUT2D eigenvalue weighted by Gasteiger charge is -2.17. The van der Waals surface area contributed by atoms with Gasteiger partial charge in [-0.05, 0) is 36.5 Å². The minimum absolute atomic E-state index is 0.736. The second-order valence-electron chi connectivity index (χ2n) is 4.76. The Morgan fingerprint density at radius 2 is 2.00 bits per heavy atom. The highest BCUT2D eigenvalue weighted by Gasteiger charge is 2.31. The molecule has 1 unspecified atom stereocenters. The molecule has 0 amide bonds. The number of hydrogen-bond donors (Lipinski definition) is 1. The lowest BCUT2D eigenvalue weighted by atomic mass is 9.86. The van der Waals surface area contributed by atoms with Gasteiger partial charge in [-0.1, -0.05) is 30.5 Å². The molecule has 3 rings (SSSR count). The molecule has 1 aliphatic carbocycles. The van der Waals surface area contributed by atoms with Gasteiger partial charge in [0.1, 0.15) is 0 Å². The van der Waals surface area contributed by atoms with Crippen LogP contribution < -0.4 is 5.32 Å². The van der Waals surface area contributed by atoms with Crippen LogP contribution in [0.15, 0.2) is 18.2 Å². The van der Waals surface area contributed by atoms with Gasteiger partial charge < -0.3 is 5.32 Å². The maximum Gasteiger partial charge on any atom is 0.0426 e. The van der Waals surface area contributed by atoms with Gasteiger partial charge in [-0.15, -0.1) is 0 Å². The minimum atomic E-state index is 0.736. The largest absolute Gasteiger partial charge is 0.384 e. The number of rotatable bonds is 1. The van der Waals surface area contributed by atoms with E-state index >= 15 is 0 Å². The highest BCUT2D eigenvalue weighted by atomic mass is 35.5. The van der Waals surface area contributed by atoms with Gasteiger partial charge in [-0.3, -0.25) is 0 Å². The smallest absolute Gasteiger partial charge is 0.0426 e. The molecule has 1 aliphatic heterocycles. The Hall–Kier alpha value is -0.690. The monoisotopic (exact) mass is 221 g/mol. The molecule has 1 aromatic carbocycles. The average Bonchev–Trinajstić information content (AvgIpc) is 2.82. The van der Waals surface area contributed by atoms with Crippen LogP contribution in [0.5, 0.6) is 0 Å². The standard InChI is InChI=1S/C13H16ClN/c14-10-5-6-11-12(8-15-13(11)7-10)9-3-1-2-4-9/h5-7,9,12,15H,1-4,8H2. The molecular formula is C13H16ClN. The molecule has 1 saturated carbocycles. The minimum Gasteiger partial charge on any atom is -0.384 e. The van der Waals surface area contributed by atoms with E-state index in [-0.39, 0.29) is 0 Å². The molecule has 1 atom stereocenters. The Morgan fingerprint density at radius 1 is 1.20 bits per heavy atom. The maximum atomic E-state index is 5.99. The molecule has 2 aliphatic rings. The first-order chi connectivity index (χ1) is 7.34. The fourth-order valence-corrected chi connectivity index (χ4v) is 3.29. The fourth-order valence-electron chi connectivity index (χ4n) is 3.12. The summed E-state index contributed by atoms with van der Waals surface area (Å²) in [5, 5.41) is 4.32. The molecule has 0 bridgehead atoms. The summed E-state index contributed by atoms with van der Waals surface area (Å²) in [6, 6.07) is 6.29. The zero-order valence-electron chi connectivity index (χ0n) is 8.80. The van der Waals surface area contributed by atoms with Crippen molar-refractivity contribution in [3.05, 3.63) is 28.8 Å². The number of nitrogens with one attached hydrogen (secondary N) is 1. The molecule has 0 saturated heterocycles. The predicted octanol–water partition coefficient (Wildman–Crippen LogP) is 4.04. The van der Waals surface area contributed by atoms with Gasteiger partial charge in [0.25, 0.3) is 0 Å². The topological polar surface area (TPSA) is 12.0 Å². The molecule has 80 valence electrons. The zero-order chi connectivity index (χ0) is 10.3. The Labute approximate surface area is 95.8 Å². The van der Waals surface area contributed by atoms with E-state index in [1.165, 1.54) is 36.9 Å². The number of fused-ring (bicyclic) bond motifs is 1. The summed E-state index contributed by atoms with van der Waals surface area (Å²) in [5.74, 6) is 1.64. The van der Waals surface area contributed by atoms with Crippen molar-refractivity contribution in [2.24, 2.45) is 5.92 Å².